The second-order valence-corrected chi connectivity index (χ2v) is 7.40. The molecule has 152 valence electrons. The summed E-state index contributed by atoms with van der Waals surface area (Å²) in [5.74, 6) is -0.0367. The van der Waals surface area contributed by atoms with Crippen LogP contribution in [0.5, 0.6) is 0 Å². The van der Waals surface area contributed by atoms with Gasteiger partial charge in [0.15, 0.2) is 0 Å². The number of unbranched alkanes of at least 4 members (excludes halogenated alkanes) is 2. The number of nitrogens with one attached hydrogen (secondary N) is 1. The fourth-order valence-electron chi connectivity index (χ4n) is 3.67. The first-order chi connectivity index (χ1) is 14.3. The molecule has 1 amide bonds. The molecular formula is C23H28N4O2. The number of ether oxygens (including phenoxy) is 1. The number of imidazole rings is 1. The van der Waals surface area contributed by atoms with Gasteiger partial charge in [0.05, 0.1) is 30.7 Å². The minimum Gasteiger partial charge on any atom is -0.378 e. The fraction of sp³-hybridized carbons (Fsp3) is 0.391. The van der Waals surface area contributed by atoms with Crippen molar-refractivity contribution < 1.29 is 9.53 Å². The zero-order chi connectivity index (χ0) is 20.1. The van der Waals surface area contributed by atoms with Crippen LogP contribution in [-0.4, -0.2) is 48.1 Å². The monoisotopic (exact) mass is 392 g/mol. The highest BCUT2D eigenvalue weighted by atomic mass is 16.5. The largest absolute Gasteiger partial charge is 0.378 e. The molecule has 6 nitrogen and oxygen atoms in total. The van der Waals surface area contributed by atoms with Gasteiger partial charge in [-0.25, -0.2) is 4.98 Å². The summed E-state index contributed by atoms with van der Waals surface area (Å²) in [6.07, 6.45) is 7.02. The van der Waals surface area contributed by atoms with Crippen molar-refractivity contribution in [2.24, 2.45) is 0 Å². The van der Waals surface area contributed by atoms with Gasteiger partial charge in [0.2, 0.25) is 0 Å². The molecule has 1 saturated heterocycles. The lowest BCUT2D eigenvalue weighted by molar-refractivity contribution is 0.0952. The number of anilines is 1. The number of morpholine rings is 1. The molecule has 1 fully saturated rings. The van der Waals surface area contributed by atoms with Gasteiger partial charge >= 0.3 is 0 Å². The van der Waals surface area contributed by atoms with E-state index in [9.17, 15) is 4.79 Å². The third-order valence-corrected chi connectivity index (χ3v) is 5.37. The molecule has 3 heterocycles. The molecule has 0 saturated carbocycles. The standard InChI is InChI=1S/C23H28N4O2/c1-2-3-4-11-24-23(28)19-7-10-22-25-16-21(27(22)17-19)18-5-8-20(9-6-18)26-12-14-29-15-13-26/h5-10,16-17H,2-4,11-15H2,1H3,(H,24,28). The predicted octanol–water partition coefficient (Wildman–Crippen LogP) is 3.76. The number of hydrogen-bond donors (Lipinski definition) is 1. The number of carbonyl (C=O) groups is 1. The van der Waals surface area contributed by atoms with Crippen molar-refractivity contribution in [1.82, 2.24) is 14.7 Å². The van der Waals surface area contributed by atoms with E-state index in [0.717, 1.165) is 62.5 Å². The molecule has 0 aliphatic carbocycles. The zero-order valence-electron chi connectivity index (χ0n) is 16.9. The van der Waals surface area contributed by atoms with Gasteiger partial charge in [-0.3, -0.25) is 9.20 Å². The Morgan fingerprint density at radius 2 is 1.90 bits per heavy atom. The molecule has 0 unspecified atom stereocenters. The van der Waals surface area contributed by atoms with E-state index in [1.54, 1.807) is 0 Å². The Balaban J connectivity index is 1.53. The fourth-order valence-corrected chi connectivity index (χ4v) is 3.67. The molecule has 1 aliphatic heterocycles. The van der Waals surface area contributed by atoms with Gasteiger partial charge < -0.3 is 15.0 Å². The van der Waals surface area contributed by atoms with Crippen LogP contribution in [0.2, 0.25) is 0 Å². The van der Waals surface area contributed by atoms with E-state index in [2.05, 4.69) is 46.4 Å². The van der Waals surface area contributed by atoms with Gasteiger partial charge in [0, 0.05) is 37.1 Å². The van der Waals surface area contributed by atoms with Gasteiger partial charge in [-0.2, -0.15) is 0 Å². The lowest BCUT2D eigenvalue weighted by Gasteiger charge is -2.28. The maximum Gasteiger partial charge on any atom is 0.252 e. The van der Waals surface area contributed by atoms with Crippen LogP contribution in [0, 0.1) is 0 Å². The van der Waals surface area contributed by atoms with E-state index < -0.39 is 0 Å². The summed E-state index contributed by atoms with van der Waals surface area (Å²) in [5, 5.41) is 3.01. The van der Waals surface area contributed by atoms with Crippen LogP contribution < -0.4 is 10.2 Å². The maximum atomic E-state index is 12.5. The van der Waals surface area contributed by atoms with Gasteiger partial charge in [-0.1, -0.05) is 31.9 Å². The van der Waals surface area contributed by atoms with Crippen LogP contribution in [0.3, 0.4) is 0 Å². The molecule has 4 rings (SSSR count). The summed E-state index contributed by atoms with van der Waals surface area (Å²) in [6.45, 7) is 6.27. The van der Waals surface area contributed by atoms with Crippen molar-refractivity contribution in [3.05, 3.63) is 54.4 Å². The Morgan fingerprint density at radius 1 is 1.10 bits per heavy atom. The first-order valence-electron chi connectivity index (χ1n) is 10.4. The van der Waals surface area contributed by atoms with Crippen LogP contribution in [0.4, 0.5) is 5.69 Å². The summed E-state index contributed by atoms with van der Waals surface area (Å²) in [6, 6.07) is 12.3. The molecule has 29 heavy (non-hydrogen) atoms. The third kappa shape index (κ3) is 4.43. The van der Waals surface area contributed by atoms with Crippen LogP contribution in [-0.2, 0) is 4.74 Å². The van der Waals surface area contributed by atoms with Crippen molar-refractivity contribution in [3.63, 3.8) is 0 Å². The Morgan fingerprint density at radius 3 is 2.66 bits per heavy atom. The molecule has 3 aromatic rings. The lowest BCUT2D eigenvalue weighted by Crippen LogP contribution is -2.36. The summed E-state index contributed by atoms with van der Waals surface area (Å²) < 4.78 is 7.42. The summed E-state index contributed by atoms with van der Waals surface area (Å²) in [4.78, 5) is 19.3. The van der Waals surface area contributed by atoms with Crippen LogP contribution in [0.15, 0.2) is 48.8 Å². The quantitative estimate of drug-likeness (QED) is 0.622. The smallest absolute Gasteiger partial charge is 0.252 e. The predicted molar refractivity (Wildman–Crippen MR) is 116 cm³/mol. The van der Waals surface area contributed by atoms with Gasteiger partial charge in [-0.15, -0.1) is 0 Å². The van der Waals surface area contributed by atoms with Crippen LogP contribution in [0.1, 0.15) is 36.5 Å². The summed E-state index contributed by atoms with van der Waals surface area (Å²) in [7, 11) is 0. The van der Waals surface area contributed by atoms with Crippen molar-refractivity contribution in [1.29, 1.82) is 0 Å². The minimum atomic E-state index is -0.0367. The Hall–Kier alpha value is -2.86. The Labute approximate surface area is 171 Å². The van der Waals surface area contributed by atoms with E-state index in [-0.39, 0.29) is 5.91 Å². The number of aromatic nitrogens is 2. The van der Waals surface area contributed by atoms with E-state index in [1.807, 2.05) is 28.9 Å². The molecule has 1 aliphatic rings. The molecule has 0 atom stereocenters. The highest BCUT2D eigenvalue weighted by Gasteiger charge is 2.13. The number of carbonyl (C=O) groups excluding carboxylic acids is 1. The first kappa shape index (κ1) is 19.5. The number of nitrogens with zero attached hydrogens (tertiary/aromatic N) is 3. The molecule has 1 N–H and O–H groups in total. The van der Waals surface area contributed by atoms with Crippen molar-refractivity contribution in [2.45, 2.75) is 26.2 Å². The molecular weight excluding hydrogens is 364 g/mol. The van der Waals surface area contributed by atoms with Gasteiger partial charge in [0.1, 0.15) is 5.65 Å². The molecule has 0 spiro atoms. The molecule has 1 aromatic carbocycles. The SMILES string of the molecule is CCCCCNC(=O)c1ccc2ncc(-c3ccc(N4CCOCC4)cc3)n2c1. The summed E-state index contributed by atoms with van der Waals surface area (Å²) in [5.41, 5.74) is 4.75. The van der Waals surface area contributed by atoms with Crippen molar-refractivity contribution in [2.75, 3.05) is 37.7 Å². The van der Waals surface area contributed by atoms with E-state index in [1.165, 1.54) is 5.69 Å². The first-order valence-corrected chi connectivity index (χ1v) is 10.4. The normalized spacial score (nSPS) is 14.3. The average molecular weight is 393 g/mol. The van der Waals surface area contributed by atoms with Crippen LogP contribution >= 0.6 is 0 Å². The number of rotatable bonds is 7. The van der Waals surface area contributed by atoms with Gasteiger partial charge in [0.25, 0.3) is 5.91 Å². The number of fused-ring (bicyclic) bond motifs is 1. The second kappa shape index (κ2) is 9.09. The highest BCUT2D eigenvalue weighted by molar-refractivity contribution is 5.94. The molecule has 6 heteroatoms. The Kier molecular flexibility index (Phi) is 6.10. The number of pyridine rings is 1. The highest BCUT2D eigenvalue weighted by Crippen LogP contribution is 2.25. The number of benzene rings is 1. The van der Waals surface area contributed by atoms with E-state index in [0.29, 0.717) is 12.1 Å². The van der Waals surface area contributed by atoms with E-state index in [4.69, 9.17) is 4.74 Å². The topological polar surface area (TPSA) is 58.9 Å². The minimum absolute atomic E-state index is 0.0367. The molecule has 2 aromatic heterocycles. The van der Waals surface area contributed by atoms with E-state index >= 15 is 0 Å². The number of amides is 1. The van der Waals surface area contributed by atoms with Crippen LogP contribution in [0.25, 0.3) is 16.9 Å². The van der Waals surface area contributed by atoms with Gasteiger partial charge in [-0.05, 0) is 30.7 Å². The molecule has 0 radical (unpaired) electrons. The molecule has 0 bridgehead atoms. The third-order valence-electron chi connectivity index (χ3n) is 5.37. The van der Waals surface area contributed by atoms with Crippen molar-refractivity contribution in [3.8, 4) is 11.3 Å². The number of hydrogen-bond acceptors (Lipinski definition) is 4. The average Bonchev–Trinajstić information content (AvgIpc) is 3.20. The zero-order valence-corrected chi connectivity index (χ0v) is 16.9. The van der Waals surface area contributed by atoms with Crippen molar-refractivity contribution >= 4 is 17.2 Å². The maximum absolute atomic E-state index is 12.5. The Bertz CT molecular complexity index is 959. The second-order valence-electron chi connectivity index (χ2n) is 7.40. The summed E-state index contributed by atoms with van der Waals surface area (Å²) >= 11 is 0. The lowest BCUT2D eigenvalue weighted by atomic mass is 10.1.